The Labute approximate surface area is 177 Å². The lowest BCUT2D eigenvalue weighted by Gasteiger charge is -2.34. The highest BCUT2D eigenvalue weighted by Gasteiger charge is 2.21. The Kier molecular flexibility index (Phi) is 8.56. The SMILES string of the molecule is C=CCN1CCC(NC(=NC)NCC2CCN(Cc3ccc(C)cc3)CC2)CC1. The van der Waals surface area contributed by atoms with Gasteiger partial charge in [-0.1, -0.05) is 35.9 Å². The molecule has 0 aromatic heterocycles. The van der Waals surface area contributed by atoms with Crippen molar-refractivity contribution in [2.75, 3.05) is 46.3 Å². The molecule has 5 nitrogen and oxygen atoms in total. The van der Waals surface area contributed by atoms with Crippen LogP contribution in [0.1, 0.15) is 36.8 Å². The van der Waals surface area contributed by atoms with Gasteiger partial charge in [-0.2, -0.15) is 0 Å². The Balaban J connectivity index is 1.33. The number of guanidine groups is 1. The van der Waals surface area contributed by atoms with Crippen molar-refractivity contribution < 1.29 is 0 Å². The van der Waals surface area contributed by atoms with Crippen LogP contribution in [-0.4, -0.2) is 68.1 Å². The van der Waals surface area contributed by atoms with E-state index in [1.54, 1.807) is 0 Å². The summed E-state index contributed by atoms with van der Waals surface area (Å²) in [6.45, 7) is 13.7. The lowest BCUT2D eigenvalue weighted by molar-refractivity contribution is 0.178. The first-order valence-corrected chi connectivity index (χ1v) is 11.2. The predicted molar refractivity (Wildman–Crippen MR) is 123 cm³/mol. The summed E-state index contributed by atoms with van der Waals surface area (Å²) in [5.41, 5.74) is 2.76. The number of aliphatic imine (C=N–C) groups is 1. The van der Waals surface area contributed by atoms with Crippen LogP contribution < -0.4 is 10.6 Å². The molecular weight excluding hydrogens is 358 g/mol. The van der Waals surface area contributed by atoms with Crippen LogP contribution in [-0.2, 0) is 6.54 Å². The van der Waals surface area contributed by atoms with E-state index in [2.05, 4.69) is 63.2 Å². The summed E-state index contributed by atoms with van der Waals surface area (Å²) >= 11 is 0. The Bertz CT molecular complexity index is 638. The molecule has 0 saturated carbocycles. The average molecular weight is 398 g/mol. The van der Waals surface area contributed by atoms with E-state index in [4.69, 9.17) is 0 Å². The maximum Gasteiger partial charge on any atom is 0.191 e. The van der Waals surface area contributed by atoms with Crippen molar-refractivity contribution in [1.82, 2.24) is 20.4 Å². The lowest BCUT2D eigenvalue weighted by atomic mass is 9.96. The van der Waals surface area contributed by atoms with Crippen molar-refractivity contribution in [3.8, 4) is 0 Å². The van der Waals surface area contributed by atoms with Crippen LogP contribution in [0.3, 0.4) is 0 Å². The van der Waals surface area contributed by atoms with Crippen molar-refractivity contribution in [2.45, 2.75) is 45.2 Å². The summed E-state index contributed by atoms with van der Waals surface area (Å²) in [6.07, 6.45) is 6.86. The predicted octanol–water partition coefficient (Wildman–Crippen LogP) is 3.02. The van der Waals surface area contributed by atoms with Gasteiger partial charge in [0.1, 0.15) is 0 Å². The molecule has 1 aromatic carbocycles. The fourth-order valence-corrected chi connectivity index (χ4v) is 4.37. The van der Waals surface area contributed by atoms with E-state index in [0.717, 1.165) is 44.6 Å². The Morgan fingerprint density at radius 1 is 1.07 bits per heavy atom. The van der Waals surface area contributed by atoms with E-state index in [-0.39, 0.29) is 0 Å². The molecule has 0 aliphatic carbocycles. The number of benzene rings is 1. The summed E-state index contributed by atoms with van der Waals surface area (Å²) in [5, 5.41) is 7.21. The fourth-order valence-electron chi connectivity index (χ4n) is 4.37. The molecule has 0 atom stereocenters. The fraction of sp³-hybridized carbons (Fsp3) is 0.625. The Hall–Kier alpha value is -1.85. The summed E-state index contributed by atoms with van der Waals surface area (Å²) in [7, 11) is 1.88. The molecule has 2 saturated heterocycles. The molecular formula is C24H39N5. The number of hydrogen-bond donors (Lipinski definition) is 2. The average Bonchev–Trinajstić information content (AvgIpc) is 2.75. The van der Waals surface area contributed by atoms with Crippen LogP contribution in [0, 0.1) is 12.8 Å². The normalized spacial score (nSPS) is 20.6. The summed E-state index contributed by atoms with van der Waals surface area (Å²) < 4.78 is 0. The smallest absolute Gasteiger partial charge is 0.191 e. The van der Waals surface area contributed by atoms with Gasteiger partial charge in [-0.15, -0.1) is 6.58 Å². The minimum Gasteiger partial charge on any atom is -0.356 e. The highest BCUT2D eigenvalue weighted by molar-refractivity contribution is 5.79. The van der Waals surface area contributed by atoms with Gasteiger partial charge >= 0.3 is 0 Å². The molecule has 2 heterocycles. The standard InChI is InChI=1S/C24H39N5/c1-4-13-28-16-11-23(12-17-28)27-24(25-3)26-18-21-9-14-29(15-10-21)19-22-7-5-20(2)6-8-22/h4-8,21,23H,1,9-19H2,2-3H3,(H2,25,26,27). The second kappa shape index (κ2) is 11.4. The minimum absolute atomic E-state index is 0.527. The Morgan fingerprint density at radius 2 is 1.72 bits per heavy atom. The number of piperidine rings is 2. The first-order chi connectivity index (χ1) is 14.2. The molecule has 0 unspecified atom stereocenters. The van der Waals surface area contributed by atoms with Crippen LogP contribution in [0.15, 0.2) is 41.9 Å². The van der Waals surface area contributed by atoms with E-state index < -0.39 is 0 Å². The third-order valence-corrected chi connectivity index (χ3v) is 6.33. The lowest BCUT2D eigenvalue weighted by Crippen LogP contribution is -2.49. The number of nitrogens with one attached hydrogen (secondary N) is 2. The van der Waals surface area contributed by atoms with Crippen molar-refractivity contribution in [3.63, 3.8) is 0 Å². The highest BCUT2D eigenvalue weighted by atomic mass is 15.2. The molecule has 160 valence electrons. The van der Waals surface area contributed by atoms with E-state index in [0.29, 0.717) is 6.04 Å². The van der Waals surface area contributed by atoms with E-state index in [9.17, 15) is 0 Å². The highest BCUT2D eigenvalue weighted by Crippen LogP contribution is 2.19. The van der Waals surface area contributed by atoms with Crippen LogP contribution in [0.25, 0.3) is 0 Å². The first-order valence-electron chi connectivity index (χ1n) is 11.2. The van der Waals surface area contributed by atoms with Gasteiger partial charge in [0.2, 0.25) is 0 Å². The summed E-state index contributed by atoms with van der Waals surface area (Å²) in [6, 6.07) is 9.49. The van der Waals surface area contributed by atoms with Crippen molar-refractivity contribution in [3.05, 3.63) is 48.0 Å². The van der Waals surface area contributed by atoms with Gasteiger partial charge in [-0.3, -0.25) is 14.8 Å². The van der Waals surface area contributed by atoms with Gasteiger partial charge in [0.25, 0.3) is 0 Å². The van der Waals surface area contributed by atoms with Gasteiger partial charge in [0.05, 0.1) is 0 Å². The zero-order chi connectivity index (χ0) is 20.5. The van der Waals surface area contributed by atoms with Gasteiger partial charge in [-0.25, -0.2) is 0 Å². The topological polar surface area (TPSA) is 42.9 Å². The van der Waals surface area contributed by atoms with E-state index in [1.807, 2.05) is 13.1 Å². The zero-order valence-electron chi connectivity index (χ0n) is 18.4. The molecule has 0 amide bonds. The second-order valence-electron chi connectivity index (χ2n) is 8.67. The second-order valence-corrected chi connectivity index (χ2v) is 8.67. The molecule has 0 spiro atoms. The maximum atomic E-state index is 4.45. The molecule has 2 aliphatic rings. The molecule has 29 heavy (non-hydrogen) atoms. The van der Waals surface area contributed by atoms with Crippen LogP contribution >= 0.6 is 0 Å². The molecule has 1 aromatic rings. The summed E-state index contributed by atoms with van der Waals surface area (Å²) in [4.78, 5) is 9.51. The van der Waals surface area contributed by atoms with Gasteiger partial charge < -0.3 is 10.6 Å². The number of likely N-dealkylation sites (tertiary alicyclic amines) is 2. The molecule has 3 rings (SSSR count). The number of hydrogen-bond acceptors (Lipinski definition) is 3. The van der Waals surface area contributed by atoms with E-state index >= 15 is 0 Å². The minimum atomic E-state index is 0.527. The number of rotatable bonds is 7. The third-order valence-electron chi connectivity index (χ3n) is 6.33. The van der Waals surface area contributed by atoms with Crippen molar-refractivity contribution in [2.24, 2.45) is 10.9 Å². The molecule has 5 heteroatoms. The maximum absolute atomic E-state index is 4.45. The van der Waals surface area contributed by atoms with Crippen molar-refractivity contribution >= 4 is 5.96 Å². The third kappa shape index (κ3) is 7.16. The van der Waals surface area contributed by atoms with Gasteiger partial charge in [-0.05, 0) is 57.2 Å². The van der Waals surface area contributed by atoms with Crippen molar-refractivity contribution in [1.29, 1.82) is 0 Å². The van der Waals surface area contributed by atoms with Crippen LogP contribution in [0.2, 0.25) is 0 Å². The monoisotopic (exact) mass is 397 g/mol. The zero-order valence-corrected chi connectivity index (χ0v) is 18.4. The number of nitrogens with zero attached hydrogens (tertiary/aromatic N) is 3. The molecule has 2 fully saturated rings. The molecule has 2 aliphatic heterocycles. The van der Waals surface area contributed by atoms with E-state index in [1.165, 1.54) is 49.9 Å². The quantitative estimate of drug-likeness (QED) is 0.422. The molecule has 0 bridgehead atoms. The summed E-state index contributed by atoms with van der Waals surface area (Å²) in [5.74, 6) is 1.70. The molecule has 0 radical (unpaired) electrons. The Morgan fingerprint density at radius 3 is 2.34 bits per heavy atom. The number of aryl methyl sites for hydroxylation is 1. The first kappa shape index (κ1) is 21.8. The van der Waals surface area contributed by atoms with Crippen LogP contribution in [0.4, 0.5) is 0 Å². The van der Waals surface area contributed by atoms with Crippen LogP contribution in [0.5, 0.6) is 0 Å². The van der Waals surface area contributed by atoms with Gasteiger partial charge in [0, 0.05) is 45.8 Å². The molecule has 2 N–H and O–H groups in total. The van der Waals surface area contributed by atoms with Gasteiger partial charge in [0.15, 0.2) is 5.96 Å². The largest absolute Gasteiger partial charge is 0.356 e.